The molecule has 1 aromatic carbocycles. The fraction of sp³-hybridized carbons (Fsp3) is 0.0769. The molecule has 0 aliphatic carbocycles. The van der Waals surface area contributed by atoms with E-state index in [1.54, 1.807) is 13.0 Å². The van der Waals surface area contributed by atoms with Crippen molar-refractivity contribution >= 4 is 40.6 Å². The smallest absolute Gasteiger partial charge is 0.255 e. The largest absolute Gasteiger partial charge is 0.319 e. The van der Waals surface area contributed by atoms with Crippen molar-refractivity contribution in [2.75, 3.05) is 10.7 Å². The first-order valence-electron chi connectivity index (χ1n) is 5.82. The van der Waals surface area contributed by atoms with Gasteiger partial charge in [0.2, 0.25) is 0 Å². The van der Waals surface area contributed by atoms with Crippen LogP contribution in [-0.4, -0.2) is 10.9 Å². The van der Waals surface area contributed by atoms with Crippen molar-refractivity contribution < 1.29 is 9.18 Å². The minimum absolute atomic E-state index is 0.0105. The normalized spacial score (nSPS) is 10.3. The molecule has 1 heterocycles. The molecule has 0 fully saturated rings. The number of halogens is 3. The van der Waals surface area contributed by atoms with Gasteiger partial charge in [-0.1, -0.05) is 23.2 Å². The Labute approximate surface area is 130 Å². The molecule has 4 N–H and O–H groups in total. The fourth-order valence-electron chi connectivity index (χ4n) is 1.72. The van der Waals surface area contributed by atoms with Crippen LogP contribution >= 0.6 is 23.2 Å². The van der Waals surface area contributed by atoms with Gasteiger partial charge in [-0.3, -0.25) is 4.79 Å². The highest BCUT2D eigenvalue weighted by atomic mass is 35.5. The SMILES string of the molecule is Cc1cc(C(=O)Nc2c(Cl)cc(F)cc2Cl)cc(NN)n1. The van der Waals surface area contributed by atoms with Crippen LogP contribution in [0.4, 0.5) is 15.9 Å². The molecule has 0 saturated heterocycles. The van der Waals surface area contributed by atoms with Crippen LogP contribution in [0.25, 0.3) is 0 Å². The predicted octanol–water partition coefficient (Wildman–Crippen LogP) is 3.37. The van der Waals surface area contributed by atoms with Gasteiger partial charge < -0.3 is 10.7 Å². The minimum atomic E-state index is -0.586. The number of nitrogens with two attached hydrogens (primary N) is 1. The summed E-state index contributed by atoms with van der Waals surface area (Å²) in [5.74, 6) is 4.57. The molecule has 0 radical (unpaired) electrons. The average molecular weight is 329 g/mol. The van der Waals surface area contributed by atoms with E-state index in [0.29, 0.717) is 17.1 Å². The minimum Gasteiger partial charge on any atom is -0.319 e. The maximum atomic E-state index is 13.1. The molecule has 1 aromatic heterocycles. The van der Waals surface area contributed by atoms with Gasteiger partial charge in [0.15, 0.2) is 0 Å². The number of pyridine rings is 1. The van der Waals surface area contributed by atoms with Crippen molar-refractivity contribution in [2.24, 2.45) is 5.84 Å². The average Bonchev–Trinajstić information content (AvgIpc) is 2.41. The summed E-state index contributed by atoms with van der Waals surface area (Å²) in [5.41, 5.74) is 3.42. The number of nitrogen functional groups attached to an aromatic ring is 1. The molecule has 0 bridgehead atoms. The van der Waals surface area contributed by atoms with Gasteiger partial charge in [-0.05, 0) is 31.2 Å². The highest BCUT2D eigenvalue weighted by Crippen LogP contribution is 2.31. The summed E-state index contributed by atoms with van der Waals surface area (Å²) < 4.78 is 13.1. The zero-order valence-electron chi connectivity index (χ0n) is 10.9. The third-order valence-electron chi connectivity index (χ3n) is 2.61. The van der Waals surface area contributed by atoms with Gasteiger partial charge in [0.1, 0.15) is 11.6 Å². The van der Waals surface area contributed by atoms with E-state index in [9.17, 15) is 9.18 Å². The number of hydrogen-bond acceptors (Lipinski definition) is 4. The molecule has 2 rings (SSSR count). The molecule has 0 atom stereocenters. The van der Waals surface area contributed by atoms with Gasteiger partial charge in [0.05, 0.1) is 15.7 Å². The molecule has 0 unspecified atom stereocenters. The lowest BCUT2D eigenvalue weighted by Gasteiger charge is -2.10. The second kappa shape index (κ2) is 6.26. The maximum Gasteiger partial charge on any atom is 0.255 e. The molecule has 1 amide bonds. The van der Waals surface area contributed by atoms with E-state index in [2.05, 4.69) is 15.7 Å². The second-order valence-electron chi connectivity index (χ2n) is 4.23. The van der Waals surface area contributed by atoms with Crippen molar-refractivity contribution in [2.45, 2.75) is 6.92 Å². The molecule has 5 nitrogen and oxygen atoms in total. The quantitative estimate of drug-likeness (QED) is 0.596. The molecule has 0 aliphatic heterocycles. The highest BCUT2D eigenvalue weighted by Gasteiger charge is 2.14. The number of carbonyl (C=O) groups excluding carboxylic acids is 1. The number of anilines is 2. The molecule has 21 heavy (non-hydrogen) atoms. The molecule has 8 heteroatoms. The third-order valence-corrected chi connectivity index (χ3v) is 3.21. The van der Waals surface area contributed by atoms with E-state index in [1.807, 2.05) is 0 Å². The van der Waals surface area contributed by atoms with E-state index in [0.717, 1.165) is 12.1 Å². The number of carbonyl (C=O) groups is 1. The molecule has 110 valence electrons. The van der Waals surface area contributed by atoms with Gasteiger partial charge in [-0.2, -0.15) is 0 Å². The molecule has 2 aromatic rings. The molecular weight excluding hydrogens is 318 g/mol. The summed E-state index contributed by atoms with van der Waals surface area (Å²) in [6.45, 7) is 1.72. The van der Waals surface area contributed by atoms with Gasteiger partial charge in [-0.15, -0.1) is 0 Å². The number of benzene rings is 1. The van der Waals surface area contributed by atoms with Crippen LogP contribution in [0.15, 0.2) is 24.3 Å². The van der Waals surface area contributed by atoms with E-state index in [1.165, 1.54) is 6.07 Å². The number of nitrogens with zero attached hydrogens (tertiary/aromatic N) is 1. The lowest BCUT2D eigenvalue weighted by molar-refractivity contribution is 0.102. The zero-order valence-corrected chi connectivity index (χ0v) is 12.4. The first-order valence-corrected chi connectivity index (χ1v) is 6.57. The summed E-state index contributed by atoms with van der Waals surface area (Å²) in [5, 5.41) is 2.56. The summed E-state index contributed by atoms with van der Waals surface area (Å²) in [6, 6.07) is 5.16. The Balaban J connectivity index is 2.32. The number of aromatic nitrogens is 1. The Kier molecular flexibility index (Phi) is 4.62. The standard InChI is InChI=1S/C13H11Cl2FN4O/c1-6-2-7(3-11(18-6)20-17)13(21)19-12-9(14)4-8(16)5-10(12)15/h2-5H,17H2,1H3,(H,18,20)(H,19,21). The Morgan fingerprint density at radius 1 is 1.24 bits per heavy atom. The van der Waals surface area contributed by atoms with Crippen LogP contribution in [0.1, 0.15) is 16.1 Å². The van der Waals surface area contributed by atoms with E-state index in [-0.39, 0.29) is 15.7 Å². The first-order chi connectivity index (χ1) is 9.90. The molecule has 0 spiro atoms. The van der Waals surface area contributed by atoms with Crippen molar-refractivity contribution in [1.82, 2.24) is 4.98 Å². The van der Waals surface area contributed by atoms with Crippen LogP contribution in [-0.2, 0) is 0 Å². The van der Waals surface area contributed by atoms with Gasteiger partial charge in [-0.25, -0.2) is 15.2 Å². The second-order valence-corrected chi connectivity index (χ2v) is 5.04. The zero-order chi connectivity index (χ0) is 15.6. The van der Waals surface area contributed by atoms with Crippen LogP contribution in [0.3, 0.4) is 0 Å². The van der Waals surface area contributed by atoms with E-state index >= 15 is 0 Å². The molecule has 0 aliphatic rings. The number of amides is 1. The van der Waals surface area contributed by atoms with Crippen molar-refractivity contribution in [1.29, 1.82) is 0 Å². The Hall–Kier alpha value is -1.89. The van der Waals surface area contributed by atoms with Crippen molar-refractivity contribution in [3.63, 3.8) is 0 Å². The predicted molar refractivity (Wildman–Crippen MR) is 81.2 cm³/mol. The lowest BCUT2D eigenvalue weighted by Crippen LogP contribution is -2.15. The van der Waals surface area contributed by atoms with Crippen LogP contribution in [0.2, 0.25) is 10.0 Å². The summed E-state index contributed by atoms with van der Waals surface area (Å²) in [6.07, 6.45) is 0. The summed E-state index contributed by atoms with van der Waals surface area (Å²) in [7, 11) is 0. The monoisotopic (exact) mass is 328 g/mol. The number of hydrazine groups is 1. The van der Waals surface area contributed by atoms with Crippen LogP contribution < -0.4 is 16.6 Å². The molecule has 0 saturated carbocycles. The van der Waals surface area contributed by atoms with E-state index in [4.69, 9.17) is 29.0 Å². The number of aryl methyl sites for hydroxylation is 1. The van der Waals surface area contributed by atoms with Crippen LogP contribution in [0.5, 0.6) is 0 Å². The Morgan fingerprint density at radius 2 is 1.86 bits per heavy atom. The van der Waals surface area contributed by atoms with Gasteiger partial charge in [0, 0.05) is 11.3 Å². The van der Waals surface area contributed by atoms with Crippen molar-refractivity contribution in [3.05, 3.63) is 51.4 Å². The fourth-order valence-corrected chi connectivity index (χ4v) is 2.28. The van der Waals surface area contributed by atoms with Gasteiger partial charge in [0.25, 0.3) is 5.91 Å². The summed E-state index contributed by atoms with van der Waals surface area (Å²) >= 11 is 11.7. The third kappa shape index (κ3) is 3.60. The lowest BCUT2D eigenvalue weighted by atomic mass is 10.2. The maximum absolute atomic E-state index is 13.1. The number of nitrogens with one attached hydrogen (secondary N) is 2. The highest BCUT2D eigenvalue weighted by molar-refractivity contribution is 6.40. The van der Waals surface area contributed by atoms with Crippen molar-refractivity contribution in [3.8, 4) is 0 Å². The topological polar surface area (TPSA) is 80.0 Å². The number of hydrogen-bond donors (Lipinski definition) is 3. The Bertz CT molecular complexity index is 686. The molecular formula is C13H11Cl2FN4O. The summed E-state index contributed by atoms with van der Waals surface area (Å²) in [4.78, 5) is 16.3. The first kappa shape index (κ1) is 15.5. The number of rotatable bonds is 3. The Morgan fingerprint density at radius 3 is 2.43 bits per heavy atom. The van der Waals surface area contributed by atoms with E-state index < -0.39 is 11.7 Å². The van der Waals surface area contributed by atoms with Gasteiger partial charge >= 0.3 is 0 Å². The van der Waals surface area contributed by atoms with Crippen LogP contribution in [0, 0.1) is 12.7 Å².